The van der Waals surface area contributed by atoms with Gasteiger partial charge in [0, 0.05) is 37.2 Å². The second-order valence-electron chi connectivity index (χ2n) is 10.7. The Balaban J connectivity index is 1.08. The number of hydrogen-bond acceptors (Lipinski definition) is 4. The van der Waals surface area contributed by atoms with Crippen LogP contribution in [0.25, 0.3) is 0 Å². The van der Waals surface area contributed by atoms with Crippen molar-refractivity contribution in [2.75, 3.05) is 59.5 Å². The van der Waals surface area contributed by atoms with Crippen molar-refractivity contribution in [3.8, 4) is 5.75 Å². The molecule has 0 radical (unpaired) electrons. The van der Waals surface area contributed by atoms with Gasteiger partial charge in [-0.3, -0.25) is 4.90 Å². The SMILES string of the molecule is COc1ccc(Br)c(CN2CCN(CCCCN3CCC(Cc4ccc(C)cc4C)CC3)CC2)c1. The lowest BCUT2D eigenvalue weighted by Crippen LogP contribution is -2.46. The van der Waals surface area contributed by atoms with Crippen LogP contribution < -0.4 is 4.74 Å². The van der Waals surface area contributed by atoms with Crippen LogP contribution in [-0.2, 0) is 13.0 Å². The molecular formula is C30H44BrN3O. The van der Waals surface area contributed by atoms with Gasteiger partial charge in [-0.05, 0) is 113 Å². The topological polar surface area (TPSA) is 19.0 Å². The molecule has 0 spiro atoms. The Kier molecular flexibility index (Phi) is 10.1. The Labute approximate surface area is 221 Å². The molecule has 4 nitrogen and oxygen atoms in total. The van der Waals surface area contributed by atoms with Crippen molar-refractivity contribution in [2.24, 2.45) is 5.92 Å². The normalized spacial score (nSPS) is 18.7. The Morgan fingerprint density at radius 1 is 0.800 bits per heavy atom. The van der Waals surface area contributed by atoms with Crippen molar-refractivity contribution in [3.63, 3.8) is 0 Å². The predicted molar refractivity (Wildman–Crippen MR) is 150 cm³/mol. The van der Waals surface area contributed by atoms with E-state index in [9.17, 15) is 0 Å². The summed E-state index contributed by atoms with van der Waals surface area (Å²) in [6.07, 6.45) is 6.64. The van der Waals surface area contributed by atoms with Crippen LogP contribution in [0.15, 0.2) is 40.9 Å². The summed E-state index contributed by atoms with van der Waals surface area (Å²) in [5.74, 6) is 1.80. The van der Waals surface area contributed by atoms with Crippen LogP contribution in [0.3, 0.4) is 0 Å². The van der Waals surface area contributed by atoms with Crippen LogP contribution in [0, 0.1) is 19.8 Å². The van der Waals surface area contributed by atoms with Crippen LogP contribution in [0.4, 0.5) is 0 Å². The molecule has 5 heteroatoms. The number of piperazine rings is 1. The van der Waals surface area contributed by atoms with Gasteiger partial charge in [0.05, 0.1) is 7.11 Å². The van der Waals surface area contributed by atoms with Gasteiger partial charge in [-0.2, -0.15) is 0 Å². The van der Waals surface area contributed by atoms with E-state index in [1.807, 2.05) is 6.07 Å². The molecule has 0 unspecified atom stereocenters. The molecule has 2 aliphatic heterocycles. The third-order valence-electron chi connectivity index (χ3n) is 8.02. The predicted octanol–water partition coefficient (Wildman–Crippen LogP) is 5.93. The van der Waals surface area contributed by atoms with Crippen LogP contribution >= 0.6 is 15.9 Å². The van der Waals surface area contributed by atoms with Gasteiger partial charge in [-0.15, -0.1) is 0 Å². The molecule has 0 aromatic heterocycles. The van der Waals surface area contributed by atoms with Crippen LogP contribution in [0.2, 0.25) is 0 Å². The van der Waals surface area contributed by atoms with Crippen LogP contribution in [-0.4, -0.2) is 74.2 Å². The van der Waals surface area contributed by atoms with E-state index < -0.39 is 0 Å². The van der Waals surface area contributed by atoms with Crippen LogP contribution in [0.1, 0.15) is 47.9 Å². The summed E-state index contributed by atoms with van der Waals surface area (Å²) in [5.41, 5.74) is 5.73. The Morgan fingerprint density at radius 2 is 1.46 bits per heavy atom. The van der Waals surface area contributed by atoms with E-state index in [4.69, 9.17) is 4.74 Å². The zero-order valence-electron chi connectivity index (χ0n) is 22.1. The van der Waals surface area contributed by atoms with Gasteiger partial charge in [0.25, 0.3) is 0 Å². The minimum absolute atomic E-state index is 0.863. The van der Waals surface area contributed by atoms with E-state index >= 15 is 0 Å². The highest BCUT2D eigenvalue weighted by Crippen LogP contribution is 2.25. The maximum absolute atomic E-state index is 5.40. The van der Waals surface area contributed by atoms with Crippen molar-refractivity contribution in [1.82, 2.24) is 14.7 Å². The molecule has 2 saturated heterocycles. The smallest absolute Gasteiger partial charge is 0.119 e. The fourth-order valence-electron chi connectivity index (χ4n) is 5.68. The molecule has 2 aromatic carbocycles. The third kappa shape index (κ3) is 8.04. The molecule has 0 amide bonds. The van der Waals surface area contributed by atoms with Gasteiger partial charge in [0.2, 0.25) is 0 Å². The standard InChI is InChI=1S/C30H44BrN3O/c1-24-6-7-27(25(2)20-24)21-26-10-14-32(15-11-26)12-4-5-13-33-16-18-34(19-17-33)23-28-22-29(35-3)8-9-30(28)31/h6-9,20,22,26H,4-5,10-19,21,23H2,1-3H3. The van der Waals surface area contributed by atoms with Gasteiger partial charge < -0.3 is 14.5 Å². The van der Waals surface area contributed by atoms with Crippen molar-refractivity contribution in [3.05, 3.63) is 63.1 Å². The Hall–Kier alpha value is -1.40. The van der Waals surface area contributed by atoms with E-state index in [1.165, 1.54) is 92.5 Å². The highest BCUT2D eigenvalue weighted by molar-refractivity contribution is 9.10. The molecule has 0 aliphatic carbocycles. The second kappa shape index (κ2) is 13.2. The molecular weight excluding hydrogens is 498 g/mol. The van der Waals surface area contributed by atoms with Gasteiger partial charge in [0.15, 0.2) is 0 Å². The quantitative estimate of drug-likeness (QED) is 0.347. The first-order valence-corrected chi connectivity index (χ1v) is 14.3. The van der Waals surface area contributed by atoms with Crippen LogP contribution in [0.5, 0.6) is 5.75 Å². The maximum atomic E-state index is 5.40. The highest BCUT2D eigenvalue weighted by Gasteiger charge is 2.21. The lowest BCUT2D eigenvalue weighted by atomic mass is 9.88. The average molecular weight is 543 g/mol. The van der Waals surface area contributed by atoms with Gasteiger partial charge in [-0.25, -0.2) is 0 Å². The summed E-state index contributed by atoms with van der Waals surface area (Å²) in [6, 6.07) is 13.2. The summed E-state index contributed by atoms with van der Waals surface area (Å²) >= 11 is 3.70. The number of hydrogen-bond donors (Lipinski definition) is 0. The number of likely N-dealkylation sites (tertiary alicyclic amines) is 1. The van der Waals surface area contributed by atoms with Crippen molar-refractivity contribution < 1.29 is 4.74 Å². The second-order valence-corrected chi connectivity index (χ2v) is 11.6. The minimum Gasteiger partial charge on any atom is -0.497 e. The van der Waals surface area contributed by atoms with E-state index in [1.54, 1.807) is 12.7 Å². The Bertz CT molecular complexity index is 933. The highest BCUT2D eigenvalue weighted by atomic mass is 79.9. The average Bonchev–Trinajstić information content (AvgIpc) is 2.87. The van der Waals surface area contributed by atoms with E-state index in [0.29, 0.717) is 0 Å². The molecule has 4 rings (SSSR count). The number of nitrogens with zero attached hydrogens (tertiary/aromatic N) is 3. The largest absolute Gasteiger partial charge is 0.497 e. The molecule has 2 heterocycles. The molecule has 0 N–H and O–H groups in total. The van der Waals surface area contributed by atoms with E-state index in [2.05, 4.69) is 74.8 Å². The molecule has 0 bridgehead atoms. The Morgan fingerprint density at radius 3 is 2.11 bits per heavy atom. The van der Waals surface area contributed by atoms with E-state index in [0.717, 1.165) is 31.3 Å². The van der Waals surface area contributed by atoms with Gasteiger partial charge in [0.1, 0.15) is 5.75 Å². The molecule has 2 fully saturated rings. The number of piperidine rings is 1. The number of rotatable bonds is 10. The van der Waals surface area contributed by atoms with Crippen molar-refractivity contribution in [1.29, 1.82) is 0 Å². The lowest BCUT2D eigenvalue weighted by molar-refractivity contribution is 0.122. The molecule has 2 aliphatic rings. The summed E-state index contributed by atoms with van der Waals surface area (Å²) < 4.78 is 6.58. The van der Waals surface area contributed by atoms with Crippen molar-refractivity contribution in [2.45, 2.75) is 52.5 Å². The monoisotopic (exact) mass is 541 g/mol. The first-order chi connectivity index (χ1) is 17.0. The number of ether oxygens (including phenoxy) is 1. The number of halogens is 1. The first kappa shape index (κ1) is 26.7. The summed E-state index contributed by atoms with van der Waals surface area (Å²) in [5, 5.41) is 0. The molecule has 35 heavy (non-hydrogen) atoms. The van der Waals surface area contributed by atoms with Gasteiger partial charge >= 0.3 is 0 Å². The minimum atomic E-state index is 0.863. The summed E-state index contributed by atoms with van der Waals surface area (Å²) in [4.78, 5) is 7.94. The number of methoxy groups -OCH3 is 1. The zero-order valence-corrected chi connectivity index (χ0v) is 23.7. The lowest BCUT2D eigenvalue weighted by Gasteiger charge is -2.35. The third-order valence-corrected chi connectivity index (χ3v) is 8.80. The molecule has 2 aromatic rings. The number of aryl methyl sites for hydroxylation is 2. The number of benzene rings is 2. The summed E-state index contributed by atoms with van der Waals surface area (Å²) in [7, 11) is 1.74. The molecule has 0 atom stereocenters. The van der Waals surface area contributed by atoms with E-state index in [-0.39, 0.29) is 0 Å². The maximum Gasteiger partial charge on any atom is 0.119 e. The molecule has 0 saturated carbocycles. The van der Waals surface area contributed by atoms with Crippen molar-refractivity contribution >= 4 is 15.9 Å². The number of unbranched alkanes of at least 4 members (excludes halogenated alkanes) is 1. The zero-order chi connectivity index (χ0) is 24.6. The fourth-order valence-corrected chi connectivity index (χ4v) is 6.05. The summed E-state index contributed by atoms with van der Waals surface area (Å²) in [6.45, 7) is 15.2. The molecule has 192 valence electrons. The fraction of sp³-hybridized carbons (Fsp3) is 0.600. The van der Waals surface area contributed by atoms with Gasteiger partial charge in [-0.1, -0.05) is 39.7 Å². The first-order valence-electron chi connectivity index (χ1n) is 13.6.